The van der Waals surface area contributed by atoms with Crippen molar-refractivity contribution in [1.29, 1.82) is 0 Å². The van der Waals surface area contributed by atoms with Crippen molar-refractivity contribution in [2.24, 2.45) is 0 Å². The maximum atomic E-state index is 11.0. The summed E-state index contributed by atoms with van der Waals surface area (Å²) in [6, 6.07) is 9.72. The molecule has 0 aliphatic heterocycles. The van der Waals surface area contributed by atoms with Gasteiger partial charge in [0.1, 0.15) is 5.82 Å². The number of hydrogen-bond acceptors (Lipinski definition) is 4. The Morgan fingerprint density at radius 1 is 1.40 bits per heavy atom. The summed E-state index contributed by atoms with van der Waals surface area (Å²) in [6.07, 6.45) is 2.48. The van der Waals surface area contributed by atoms with Gasteiger partial charge < -0.3 is 16.2 Å². The summed E-state index contributed by atoms with van der Waals surface area (Å²) in [5.74, 6) is -0.169. The van der Waals surface area contributed by atoms with Crippen molar-refractivity contribution in [2.75, 3.05) is 17.6 Å². The van der Waals surface area contributed by atoms with E-state index in [9.17, 15) is 4.79 Å². The molecule has 5 nitrogen and oxygen atoms in total. The van der Waals surface area contributed by atoms with Gasteiger partial charge in [-0.3, -0.25) is 0 Å². The van der Waals surface area contributed by atoms with E-state index in [1.807, 2.05) is 12.1 Å². The SMILES string of the molecule is Nc1c(C(=O)O)ccnc1NCC1Cc2ccccc21. The van der Waals surface area contributed by atoms with Crippen molar-refractivity contribution >= 4 is 17.5 Å². The molecule has 1 aliphatic rings. The van der Waals surface area contributed by atoms with Gasteiger partial charge in [0.2, 0.25) is 0 Å². The number of aromatic nitrogens is 1. The number of nitrogens with two attached hydrogens (primary N) is 1. The molecular weight excluding hydrogens is 254 g/mol. The first-order chi connectivity index (χ1) is 9.66. The molecule has 0 bridgehead atoms. The number of carboxylic acids is 1. The average molecular weight is 269 g/mol. The van der Waals surface area contributed by atoms with Gasteiger partial charge in [0.25, 0.3) is 0 Å². The number of aromatic carboxylic acids is 1. The smallest absolute Gasteiger partial charge is 0.337 e. The second-order valence-corrected chi connectivity index (χ2v) is 4.91. The quantitative estimate of drug-likeness (QED) is 0.791. The van der Waals surface area contributed by atoms with Crippen molar-refractivity contribution in [3.8, 4) is 0 Å². The van der Waals surface area contributed by atoms with Gasteiger partial charge in [-0.15, -0.1) is 0 Å². The average Bonchev–Trinajstić information content (AvgIpc) is 2.41. The molecule has 1 aliphatic carbocycles. The van der Waals surface area contributed by atoms with Crippen LogP contribution < -0.4 is 11.1 Å². The fourth-order valence-electron chi connectivity index (χ4n) is 2.57. The van der Waals surface area contributed by atoms with Crippen molar-refractivity contribution in [2.45, 2.75) is 12.3 Å². The van der Waals surface area contributed by atoms with E-state index in [1.165, 1.54) is 23.4 Å². The van der Waals surface area contributed by atoms with Crippen LogP contribution in [0.4, 0.5) is 11.5 Å². The lowest BCUT2D eigenvalue weighted by Gasteiger charge is -2.30. The third-order valence-electron chi connectivity index (χ3n) is 3.70. The van der Waals surface area contributed by atoms with Gasteiger partial charge in [0.15, 0.2) is 0 Å². The molecule has 1 unspecified atom stereocenters. The zero-order chi connectivity index (χ0) is 14.1. The lowest BCUT2D eigenvalue weighted by atomic mass is 9.77. The van der Waals surface area contributed by atoms with Gasteiger partial charge in [-0.05, 0) is 23.6 Å². The zero-order valence-corrected chi connectivity index (χ0v) is 10.8. The predicted octanol–water partition coefficient (Wildman–Crippen LogP) is 2.11. The van der Waals surface area contributed by atoms with Crippen LogP contribution in [0.3, 0.4) is 0 Å². The molecule has 4 N–H and O–H groups in total. The summed E-state index contributed by atoms with van der Waals surface area (Å²) in [5.41, 5.74) is 8.80. The van der Waals surface area contributed by atoms with Crippen LogP contribution in [-0.4, -0.2) is 22.6 Å². The molecule has 0 saturated heterocycles. The minimum absolute atomic E-state index is 0.0801. The second-order valence-electron chi connectivity index (χ2n) is 4.91. The number of nitrogens with zero attached hydrogens (tertiary/aromatic N) is 1. The number of benzene rings is 1. The van der Waals surface area contributed by atoms with Gasteiger partial charge >= 0.3 is 5.97 Å². The van der Waals surface area contributed by atoms with Gasteiger partial charge in [-0.1, -0.05) is 24.3 Å². The van der Waals surface area contributed by atoms with Crippen molar-refractivity contribution in [3.63, 3.8) is 0 Å². The number of fused-ring (bicyclic) bond motifs is 1. The molecule has 5 heteroatoms. The Balaban J connectivity index is 1.72. The highest BCUT2D eigenvalue weighted by Gasteiger charge is 2.25. The van der Waals surface area contributed by atoms with Gasteiger partial charge in [-0.25, -0.2) is 9.78 Å². The fraction of sp³-hybridized carbons (Fsp3) is 0.200. The fourth-order valence-corrected chi connectivity index (χ4v) is 2.57. The first-order valence-corrected chi connectivity index (χ1v) is 6.46. The lowest BCUT2D eigenvalue weighted by molar-refractivity contribution is 0.0698. The van der Waals surface area contributed by atoms with Crippen LogP contribution in [0.25, 0.3) is 0 Å². The second kappa shape index (κ2) is 4.85. The highest BCUT2D eigenvalue weighted by atomic mass is 16.4. The van der Waals surface area contributed by atoms with E-state index in [0.717, 1.165) is 6.42 Å². The number of carboxylic acid groups (broad SMARTS) is 1. The highest BCUT2D eigenvalue weighted by molar-refractivity contribution is 5.96. The van der Waals surface area contributed by atoms with Crippen LogP contribution in [0.5, 0.6) is 0 Å². The van der Waals surface area contributed by atoms with Gasteiger partial charge in [-0.2, -0.15) is 0 Å². The number of pyridine rings is 1. The normalized spacial score (nSPS) is 16.1. The van der Waals surface area contributed by atoms with Crippen LogP contribution >= 0.6 is 0 Å². The topological polar surface area (TPSA) is 88.2 Å². The van der Waals surface area contributed by atoms with Crippen molar-refractivity contribution in [1.82, 2.24) is 4.98 Å². The molecule has 0 fully saturated rings. The predicted molar refractivity (Wildman–Crippen MR) is 77.0 cm³/mol. The molecule has 1 atom stereocenters. The maximum absolute atomic E-state index is 11.0. The molecule has 1 heterocycles. The largest absolute Gasteiger partial charge is 0.478 e. The molecule has 102 valence electrons. The minimum atomic E-state index is -1.04. The minimum Gasteiger partial charge on any atom is -0.478 e. The Bertz CT molecular complexity index is 670. The van der Waals surface area contributed by atoms with Crippen LogP contribution in [0.15, 0.2) is 36.5 Å². The molecule has 3 rings (SSSR count). The van der Waals surface area contributed by atoms with E-state index in [-0.39, 0.29) is 11.3 Å². The number of nitrogens with one attached hydrogen (secondary N) is 1. The van der Waals surface area contributed by atoms with E-state index in [1.54, 1.807) is 0 Å². The molecule has 0 spiro atoms. The molecule has 1 aromatic heterocycles. The summed E-state index contributed by atoms with van der Waals surface area (Å²) < 4.78 is 0. The molecular formula is C15H15N3O2. The van der Waals surface area contributed by atoms with E-state index >= 15 is 0 Å². The van der Waals surface area contributed by atoms with Crippen LogP contribution in [0, 0.1) is 0 Å². The summed E-state index contributed by atoms with van der Waals surface area (Å²) >= 11 is 0. The standard InChI is InChI=1S/C15H15N3O2/c16-13-12(15(19)20)5-6-17-14(13)18-8-10-7-9-3-1-2-4-11(9)10/h1-6,10H,7-8,16H2,(H,17,18)(H,19,20). The van der Waals surface area contributed by atoms with Crippen LogP contribution in [0.1, 0.15) is 27.4 Å². The number of anilines is 2. The lowest BCUT2D eigenvalue weighted by Crippen LogP contribution is -2.25. The van der Waals surface area contributed by atoms with Crippen LogP contribution in [0.2, 0.25) is 0 Å². The number of nitrogen functional groups attached to an aromatic ring is 1. The van der Waals surface area contributed by atoms with E-state index in [0.29, 0.717) is 18.3 Å². The summed E-state index contributed by atoms with van der Waals surface area (Å²) in [7, 11) is 0. The number of hydrogen-bond donors (Lipinski definition) is 3. The highest BCUT2D eigenvalue weighted by Crippen LogP contribution is 2.35. The summed E-state index contributed by atoms with van der Waals surface area (Å²) in [6.45, 7) is 0.706. The number of rotatable bonds is 4. The van der Waals surface area contributed by atoms with Crippen molar-refractivity contribution < 1.29 is 9.90 Å². The third kappa shape index (κ3) is 2.07. The molecule has 0 amide bonds. The molecule has 0 saturated carbocycles. The summed E-state index contributed by atoms with van der Waals surface area (Å²) in [4.78, 5) is 15.1. The Morgan fingerprint density at radius 2 is 2.20 bits per heavy atom. The third-order valence-corrected chi connectivity index (χ3v) is 3.70. The Morgan fingerprint density at radius 3 is 2.95 bits per heavy atom. The molecule has 2 aromatic rings. The van der Waals surface area contributed by atoms with E-state index in [2.05, 4.69) is 22.4 Å². The monoisotopic (exact) mass is 269 g/mol. The maximum Gasteiger partial charge on any atom is 0.337 e. The van der Waals surface area contributed by atoms with Crippen molar-refractivity contribution in [3.05, 3.63) is 53.2 Å². The molecule has 20 heavy (non-hydrogen) atoms. The number of carbonyl (C=O) groups is 1. The molecule has 1 aromatic carbocycles. The first kappa shape index (κ1) is 12.5. The molecule has 0 radical (unpaired) electrons. The Labute approximate surface area is 116 Å². The van der Waals surface area contributed by atoms with Gasteiger partial charge in [0.05, 0.1) is 11.3 Å². The van der Waals surface area contributed by atoms with E-state index < -0.39 is 5.97 Å². The zero-order valence-electron chi connectivity index (χ0n) is 10.8. The van der Waals surface area contributed by atoms with Crippen LogP contribution in [-0.2, 0) is 6.42 Å². The Kier molecular flexibility index (Phi) is 3.02. The van der Waals surface area contributed by atoms with E-state index in [4.69, 9.17) is 10.8 Å². The summed E-state index contributed by atoms with van der Waals surface area (Å²) in [5, 5.41) is 12.2. The Hall–Kier alpha value is -2.56. The van der Waals surface area contributed by atoms with Gasteiger partial charge in [0, 0.05) is 18.7 Å². The first-order valence-electron chi connectivity index (χ1n) is 6.46.